The third-order valence-electron chi connectivity index (χ3n) is 3.14. The molecule has 1 heterocycles. The average molecular weight is 220 g/mol. The Morgan fingerprint density at radius 3 is 2.88 bits per heavy atom. The Morgan fingerprint density at radius 2 is 2.19 bits per heavy atom. The standard InChI is InChI=1S/C12H20N4/c1-9-15-8-11(14-7-6-13)12(16-9)10-4-2-3-5-10/h8,10,14H,2-7,13H2,1H3. The van der Waals surface area contributed by atoms with Crippen LogP contribution in [0.4, 0.5) is 5.69 Å². The summed E-state index contributed by atoms with van der Waals surface area (Å²) < 4.78 is 0. The van der Waals surface area contributed by atoms with Crippen LogP contribution in [0.3, 0.4) is 0 Å². The van der Waals surface area contributed by atoms with Crippen LogP contribution < -0.4 is 11.1 Å². The van der Waals surface area contributed by atoms with Gasteiger partial charge >= 0.3 is 0 Å². The number of rotatable bonds is 4. The topological polar surface area (TPSA) is 63.8 Å². The van der Waals surface area contributed by atoms with Gasteiger partial charge in [0.05, 0.1) is 17.6 Å². The van der Waals surface area contributed by atoms with Crippen molar-refractivity contribution in [2.75, 3.05) is 18.4 Å². The van der Waals surface area contributed by atoms with Crippen molar-refractivity contribution >= 4 is 5.69 Å². The van der Waals surface area contributed by atoms with Crippen LogP contribution in [0.25, 0.3) is 0 Å². The van der Waals surface area contributed by atoms with E-state index in [4.69, 9.17) is 5.73 Å². The van der Waals surface area contributed by atoms with Gasteiger partial charge in [-0.05, 0) is 19.8 Å². The molecular weight excluding hydrogens is 200 g/mol. The van der Waals surface area contributed by atoms with Gasteiger partial charge in [0.1, 0.15) is 5.82 Å². The molecule has 0 radical (unpaired) electrons. The lowest BCUT2D eigenvalue weighted by atomic mass is 10.0. The predicted molar refractivity (Wildman–Crippen MR) is 65.5 cm³/mol. The van der Waals surface area contributed by atoms with E-state index in [1.807, 2.05) is 13.1 Å². The van der Waals surface area contributed by atoms with E-state index in [0.29, 0.717) is 12.5 Å². The molecule has 0 aliphatic heterocycles. The SMILES string of the molecule is Cc1ncc(NCCN)c(C2CCCC2)n1. The Labute approximate surface area is 96.7 Å². The summed E-state index contributed by atoms with van der Waals surface area (Å²) in [6.07, 6.45) is 7.06. The third-order valence-corrected chi connectivity index (χ3v) is 3.14. The van der Waals surface area contributed by atoms with Gasteiger partial charge in [0.25, 0.3) is 0 Å². The van der Waals surface area contributed by atoms with Gasteiger partial charge in [-0.1, -0.05) is 12.8 Å². The van der Waals surface area contributed by atoms with E-state index in [9.17, 15) is 0 Å². The van der Waals surface area contributed by atoms with Crippen LogP contribution in [0, 0.1) is 6.92 Å². The van der Waals surface area contributed by atoms with Crippen molar-refractivity contribution in [1.82, 2.24) is 9.97 Å². The summed E-state index contributed by atoms with van der Waals surface area (Å²) in [5.41, 5.74) is 7.77. The number of anilines is 1. The van der Waals surface area contributed by atoms with Gasteiger partial charge in [-0.25, -0.2) is 9.97 Å². The average Bonchev–Trinajstić information content (AvgIpc) is 2.80. The molecule has 0 amide bonds. The molecule has 0 spiro atoms. The molecule has 1 aliphatic carbocycles. The first-order chi connectivity index (χ1) is 7.81. The largest absolute Gasteiger partial charge is 0.381 e. The van der Waals surface area contributed by atoms with Crippen molar-refractivity contribution in [3.63, 3.8) is 0 Å². The van der Waals surface area contributed by atoms with E-state index in [2.05, 4.69) is 15.3 Å². The number of nitrogens with zero attached hydrogens (tertiary/aromatic N) is 2. The number of nitrogens with two attached hydrogens (primary N) is 1. The molecule has 4 nitrogen and oxygen atoms in total. The van der Waals surface area contributed by atoms with Crippen molar-refractivity contribution in [1.29, 1.82) is 0 Å². The molecule has 0 atom stereocenters. The molecule has 0 unspecified atom stereocenters. The minimum absolute atomic E-state index is 0.613. The summed E-state index contributed by atoms with van der Waals surface area (Å²) in [6, 6.07) is 0. The smallest absolute Gasteiger partial charge is 0.125 e. The normalized spacial score (nSPS) is 16.6. The lowest BCUT2D eigenvalue weighted by molar-refractivity contribution is 0.690. The second-order valence-corrected chi connectivity index (χ2v) is 4.41. The molecule has 1 fully saturated rings. The minimum atomic E-state index is 0.613. The summed E-state index contributed by atoms with van der Waals surface area (Å²) in [6.45, 7) is 3.37. The lowest BCUT2D eigenvalue weighted by Gasteiger charge is -2.15. The van der Waals surface area contributed by atoms with E-state index in [0.717, 1.165) is 18.1 Å². The van der Waals surface area contributed by atoms with Crippen molar-refractivity contribution in [2.24, 2.45) is 5.73 Å². The van der Waals surface area contributed by atoms with Crippen molar-refractivity contribution in [3.8, 4) is 0 Å². The summed E-state index contributed by atoms with van der Waals surface area (Å²) in [5, 5.41) is 3.32. The Hall–Kier alpha value is -1.16. The highest BCUT2D eigenvalue weighted by Gasteiger charge is 2.21. The number of aryl methyl sites for hydroxylation is 1. The van der Waals surface area contributed by atoms with Crippen LogP contribution >= 0.6 is 0 Å². The number of hydrogen-bond donors (Lipinski definition) is 2. The van der Waals surface area contributed by atoms with Crippen LogP contribution in [0.15, 0.2) is 6.20 Å². The number of hydrogen-bond acceptors (Lipinski definition) is 4. The zero-order chi connectivity index (χ0) is 11.4. The second-order valence-electron chi connectivity index (χ2n) is 4.41. The lowest BCUT2D eigenvalue weighted by Crippen LogP contribution is -2.16. The van der Waals surface area contributed by atoms with Crippen LogP contribution in [0.5, 0.6) is 0 Å². The maximum Gasteiger partial charge on any atom is 0.125 e. The first kappa shape index (κ1) is 11.3. The zero-order valence-electron chi connectivity index (χ0n) is 9.87. The van der Waals surface area contributed by atoms with Gasteiger partial charge in [-0.15, -0.1) is 0 Å². The quantitative estimate of drug-likeness (QED) is 0.812. The van der Waals surface area contributed by atoms with Crippen LogP contribution in [-0.4, -0.2) is 23.1 Å². The molecule has 0 bridgehead atoms. The zero-order valence-corrected chi connectivity index (χ0v) is 9.87. The first-order valence-electron chi connectivity index (χ1n) is 6.08. The molecule has 4 heteroatoms. The van der Waals surface area contributed by atoms with Gasteiger partial charge in [0.2, 0.25) is 0 Å². The van der Waals surface area contributed by atoms with E-state index < -0.39 is 0 Å². The Balaban J connectivity index is 2.21. The van der Waals surface area contributed by atoms with Crippen LogP contribution in [0.1, 0.15) is 43.1 Å². The molecule has 2 rings (SSSR count). The Morgan fingerprint density at radius 1 is 1.44 bits per heavy atom. The fourth-order valence-corrected chi connectivity index (χ4v) is 2.34. The maximum absolute atomic E-state index is 5.51. The highest BCUT2D eigenvalue weighted by atomic mass is 15.0. The number of aromatic nitrogens is 2. The minimum Gasteiger partial charge on any atom is -0.381 e. The van der Waals surface area contributed by atoms with Gasteiger partial charge in [0.15, 0.2) is 0 Å². The molecule has 1 aliphatic rings. The summed E-state index contributed by atoms with van der Waals surface area (Å²) in [4.78, 5) is 8.84. The van der Waals surface area contributed by atoms with Gasteiger partial charge < -0.3 is 11.1 Å². The number of nitrogens with one attached hydrogen (secondary N) is 1. The Kier molecular flexibility index (Phi) is 3.72. The molecule has 1 aromatic rings. The molecule has 0 aromatic carbocycles. The van der Waals surface area contributed by atoms with Gasteiger partial charge in [-0.2, -0.15) is 0 Å². The second kappa shape index (κ2) is 5.25. The van der Waals surface area contributed by atoms with E-state index in [1.165, 1.54) is 31.4 Å². The predicted octanol–water partition coefficient (Wildman–Crippen LogP) is 1.81. The highest BCUT2D eigenvalue weighted by Crippen LogP contribution is 2.36. The monoisotopic (exact) mass is 220 g/mol. The molecule has 16 heavy (non-hydrogen) atoms. The fraction of sp³-hybridized carbons (Fsp3) is 0.667. The van der Waals surface area contributed by atoms with Crippen molar-refractivity contribution in [3.05, 3.63) is 17.7 Å². The van der Waals surface area contributed by atoms with Gasteiger partial charge in [0, 0.05) is 19.0 Å². The van der Waals surface area contributed by atoms with Crippen molar-refractivity contribution in [2.45, 2.75) is 38.5 Å². The highest BCUT2D eigenvalue weighted by molar-refractivity contribution is 5.48. The fourth-order valence-electron chi connectivity index (χ4n) is 2.34. The van der Waals surface area contributed by atoms with E-state index in [-0.39, 0.29) is 0 Å². The first-order valence-corrected chi connectivity index (χ1v) is 6.08. The summed E-state index contributed by atoms with van der Waals surface area (Å²) in [7, 11) is 0. The van der Waals surface area contributed by atoms with Gasteiger partial charge in [-0.3, -0.25) is 0 Å². The molecule has 1 saturated carbocycles. The molecule has 1 aromatic heterocycles. The van der Waals surface area contributed by atoms with E-state index >= 15 is 0 Å². The molecular formula is C12H20N4. The Bertz CT molecular complexity index is 345. The molecule has 88 valence electrons. The molecule has 0 saturated heterocycles. The van der Waals surface area contributed by atoms with Crippen LogP contribution in [-0.2, 0) is 0 Å². The van der Waals surface area contributed by atoms with E-state index in [1.54, 1.807) is 0 Å². The summed E-state index contributed by atoms with van der Waals surface area (Å²) in [5.74, 6) is 1.47. The summed E-state index contributed by atoms with van der Waals surface area (Å²) >= 11 is 0. The van der Waals surface area contributed by atoms with Crippen LogP contribution in [0.2, 0.25) is 0 Å². The third kappa shape index (κ3) is 2.50. The maximum atomic E-state index is 5.51. The van der Waals surface area contributed by atoms with Crippen molar-refractivity contribution < 1.29 is 0 Å². The molecule has 3 N–H and O–H groups in total.